The van der Waals surface area contributed by atoms with Gasteiger partial charge in [-0.3, -0.25) is 4.79 Å². The van der Waals surface area contributed by atoms with Crippen molar-refractivity contribution >= 4 is 12.1 Å². The van der Waals surface area contributed by atoms with E-state index >= 15 is 0 Å². The molecule has 4 heteroatoms. The van der Waals surface area contributed by atoms with Gasteiger partial charge in [0, 0.05) is 18.0 Å². The lowest BCUT2D eigenvalue weighted by atomic mass is 9.88. The van der Waals surface area contributed by atoms with Gasteiger partial charge in [-0.1, -0.05) is 72.4 Å². The number of benzene rings is 2. The number of amides is 1. The molecular formula is C22H24N2O2. The molecule has 2 rings (SSSR count). The van der Waals surface area contributed by atoms with Gasteiger partial charge in [0.15, 0.2) is 0 Å². The summed E-state index contributed by atoms with van der Waals surface area (Å²) in [7, 11) is 1.46. The zero-order chi connectivity index (χ0) is 18.6. The Morgan fingerprint density at radius 2 is 1.69 bits per heavy atom. The highest BCUT2D eigenvalue weighted by molar-refractivity contribution is 5.96. The van der Waals surface area contributed by atoms with Gasteiger partial charge in [-0.25, -0.2) is 0 Å². The Hall–Kier alpha value is -3.14. The molecule has 0 atom stereocenters. The Morgan fingerprint density at radius 3 is 2.23 bits per heavy atom. The highest BCUT2D eigenvalue weighted by Crippen LogP contribution is 2.27. The molecule has 0 aromatic heterocycles. The molecular weight excluding hydrogens is 324 g/mol. The number of oxime groups is 1. The Morgan fingerprint density at radius 1 is 1.12 bits per heavy atom. The van der Waals surface area contributed by atoms with Gasteiger partial charge in [-0.15, -0.1) is 0 Å². The molecule has 0 saturated heterocycles. The SMILES string of the molecule is C=C(/C=C\C=N\OC)C(=O)NCCC(c1ccccc1)c1ccccc1. The number of nitrogens with zero attached hydrogens (tertiary/aromatic N) is 1. The predicted molar refractivity (Wildman–Crippen MR) is 106 cm³/mol. The van der Waals surface area contributed by atoms with E-state index in [1.165, 1.54) is 24.5 Å². The Bertz CT molecular complexity index is 713. The normalized spacial score (nSPS) is 11.2. The first-order chi connectivity index (χ1) is 12.7. The maximum absolute atomic E-state index is 12.1. The lowest BCUT2D eigenvalue weighted by Crippen LogP contribution is -2.26. The molecule has 0 spiro atoms. The quantitative estimate of drug-likeness (QED) is 0.321. The van der Waals surface area contributed by atoms with Gasteiger partial charge in [0.2, 0.25) is 0 Å². The molecule has 2 aromatic carbocycles. The topological polar surface area (TPSA) is 50.7 Å². The van der Waals surface area contributed by atoms with Crippen molar-refractivity contribution in [3.8, 4) is 0 Å². The fourth-order valence-electron chi connectivity index (χ4n) is 2.67. The van der Waals surface area contributed by atoms with Crippen molar-refractivity contribution in [3.63, 3.8) is 0 Å². The molecule has 0 heterocycles. The van der Waals surface area contributed by atoms with Crippen molar-refractivity contribution in [2.75, 3.05) is 13.7 Å². The molecule has 0 saturated carbocycles. The van der Waals surface area contributed by atoms with Crippen molar-refractivity contribution in [1.82, 2.24) is 5.32 Å². The summed E-state index contributed by atoms with van der Waals surface area (Å²) in [6.07, 6.45) is 5.48. The van der Waals surface area contributed by atoms with E-state index < -0.39 is 0 Å². The molecule has 134 valence electrons. The molecule has 0 aliphatic heterocycles. The average molecular weight is 348 g/mol. The first kappa shape index (κ1) is 19.2. The predicted octanol–water partition coefficient (Wildman–Crippen LogP) is 4.07. The second-order valence-electron chi connectivity index (χ2n) is 5.74. The summed E-state index contributed by atoms with van der Waals surface area (Å²) in [4.78, 5) is 16.7. The van der Waals surface area contributed by atoms with Gasteiger partial charge in [0.1, 0.15) is 7.11 Å². The monoisotopic (exact) mass is 348 g/mol. The summed E-state index contributed by atoms with van der Waals surface area (Å²) >= 11 is 0. The fourth-order valence-corrected chi connectivity index (χ4v) is 2.67. The molecule has 0 radical (unpaired) electrons. The molecule has 0 fully saturated rings. The number of carbonyl (C=O) groups is 1. The average Bonchev–Trinajstić information content (AvgIpc) is 2.69. The number of hydrogen-bond donors (Lipinski definition) is 1. The van der Waals surface area contributed by atoms with Crippen LogP contribution in [0.5, 0.6) is 0 Å². The first-order valence-electron chi connectivity index (χ1n) is 8.52. The van der Waals surface area contributed by atoms with Crippen molar-refractivity contribution < 1.29 is 9.63 Å². The Kier molecular flexibility index (Phi) is 7.87. The smallest absolute Gasteiger partial charge is 0.250 e. The van der Waals surface area contributed by atoms with E-state index in [1.807, 2.05) is 36.4 Å². The third-order valence-electron chi connectivity index (χ3n) is 3.96. The van der Waals surface area contributed by atoms with Crippen LogP contribution in [0.1, 0.15) is 23.5 Å². The van der Waals surface area contributed by atoms with Crippen molar-refractivity contribution in [2.24, 2.45) is 5.16 Å². The minimum absolute atomic E-state index is 0.188. The van der Waals surface area contributed by atoms with E-state index in [2.05, 4.69) is 46.2 Å². The van der Waals surface area contributed by atoms with Crippen LogP contribution >= 0.6 is 0 Å². The van der Waals surface area contributed by atoms with Crippen LogP contribution in [0.4, 0.5) is 0 Å². The first-order valence-corrected chi connectivity index (χ1v) is 8.52. The van der Waals surface area contributed by atoms with Gasteiger partial charge < -0.3 is 10.2 Å². The number of allylic oxidation sites excluding steroid dienone is 1. The Balaban J connectivity index is 1.96. The highest BCUT2D eigenvalue weighted by atomic mass is 16.6. The summed E-state index contributed by atoms with van der Waals surface area (Å²) < 4.78 is 0. The van der Waals surface area contributed by atoms with Crippen LogP contribution in [-0.2, 0) is 9.63 Å². The zero-order valence-electron chi connectivity index (χ0n) is 15.0. The van der Waals surface area contributed by atoms with Crippen LogP contribution in [0.3, 0.4) is 0 Å². The van der Waals surface area contributed by atoms with Gasteiger partial charge in [0.05, 0.1) is 6.21 Å². The van der Waals surface area contributed by atoms with Crippen molar-refractivity contribution in [2.45, 2.75) is 12.3 Å². The van der Waals surface area contributed by atoms with Crippen LogP contribution in [0.2, 0.25) is 0 Å². The van der Waals surface area contributed by atoms with Gasteiger partial charge in [-0.05, 0) is 29.7 Å². The molecule has 4 nitrogen and oxygen atoms in total. The third kappa shape index (κ3) is 6.06. The van der Waals surface area contributed by atoms with E-state index in [-0.39, 0.29) is 11.8 Å². The summed E-state index contributed by atoms with van der Waals surface area (Å²) in [5.41, 5.74) is 2.86. The van der Waals surface area contributed by atoms with Crippen molar-refractivity contribution in [3.05, 3.63) is 96.1 Å². The Labute approximate surface area is 154 Å². The molecule has 1 amide bonds. The van der Waals surface area contributed by atoms with Gasteiger partial charge in [0.25, 0.3) is 5.91 Å². The highest BCUT2D eigenvalue weighted by Gasteiger charge is 2.14. The third-order valence-corrected chi connectivity index (χ3v) is 3.96. The van der Waals surface area contributed by atoms with Gasteiger partial charge >= 0.3 is 0 Å². The molecule has 0 bridgehead atoms. The number of rotatable bonds is 9. The van der Waals surface area contributed by atoms with E-state index in [0.717, 1.165) is 6.42 Å². The summed E-state index contributed by atoms with van der Waals surface area (Å²) in [6.45, 7) is 4.33. The van der Waals surface area contributed by atoms with Crippen LogP contribution in [-0.4, -0.2) is 25.8 Å². The van der Waals surface area contributed by atoms with Gasteiger partial charge in [-0.2, -0.15) is 0 Å². The molecule has 2 aromatic rings. The maximum Gasteiger partial charge on any atom is 0.250 e. The molecule has 1 N–H and O–H groups in total. The maximum atomic E-state index is 12.1. The summed E-state index contributed by atoms with van der Waals surface area (Å²) in [5, 5.41) is 6.50. The van der Waals surface area contributed by atoms with E-state index in [4.69, 9.17) is 0 Å². The van der Waals surface area contributed by atoms with Crippen molar-refractivity contribution in [1.29, 1.82) is 0 Å². The van der Waals surface area contributed by atoms with Crippen LogP contribution in [0.15, 0.2) is 90.1 Å². The largest absolute Gasteiger partial charge is 0.399 e. The second-order valence-corrected chi connectivity index (χ2v) is 5.74. The number of carbonyl (C=O) groups excluding carboxylic acids is 1. The molecule has 26 heavy (non-hydrogen) atoms. The molecule has 0 aliphatic rings. The number of hydrogen-bond acceptors (Lipinski definition) is 3. The zero-order valence-corrected chi connectivity index (χ0v) is 15.0. The second kappa shape index (κ2) is 10.7. The van der Waals surface area contributed by atoms with E-state index in [9.17, 15) is 4.79 Å². The van der Waals surface area contributed by atoms with E-state index in [0.29, 0.717) is 12.1 Å². The summed E-state index contributed by atoms with van der Waals surface area (Å²) in [6, 6.07) is 20.7. The molecule has 0 aliphatic carbocycles. The minimum Gasteiger partial charge on any atom is -0.399 e. The lowest BCUT2D eigenvalue weighted by Gasteiger charge is -2.18. The lowest BCUT2D eigenvalue weighted by molar-refractivity contribution is -0.117. The molecule has 0 unspecified atom stereocenters. The minimum atomic E-state index is -0.188. The summed E-state index contributed by atoms with van der Waals surface area (Å²) in [5.74, 6) is 0.0438. The number of nitrogens with one attached hydrogen (secondary N) is 1. The van der Waals surface area contributed by atoms with E-state index in [1.54, 1.807) is 12.2 Å². The van der Waals surface area contributed by atoms with Crippen LogP contribution < -0.4 is 5.32 Å². The standard InChI is InChI=1S/C22H24N2O2/c1-18(10-9-16-24-26-2)22(25)23-17-15-21(19-11-5-3-6-12-19)20-13-7-4-8-14-20/h3-14,16,21H,1,15,17H2,2H3,(H,23,25)/b10-9-,24-16+. The van der Waals surface area contributed by atoms with Crippen LogP contribution in [0.25, 0.3) is 0 Å². The fraction of sp³-hybridized carbons (Fsp3) is 0.182. The van der Waals surface area contributed by atoms with Crippen LogP contribution in [0, 0.1) is 0 Å².